The van der Waals surface area contributed by atoms with Crippen molar-refractivity contribution in [1.29, 1.82) is 0 Å². The first-order chi connectivity index (χ1) is 9.47. The van der Waals surface area contributed by atoms with Crippen molar-refractivity contribution in [2.75, 3.05) is 19.6 Å². The van der Waals surface area contributed by atoms with E-state index in [0.29, 0.717) is 12.5 Å². The maximum atomic E-state index is 11.0. The minimum Gasteiger partial charge on any atom is -0.480 e. The van der Waals surface area contributed by atoms with Crippen LogP contribution in [0.3, 0.4) is 0 Å². The predicted molar refractivity (Wildman–Crippen MR) is 79.5 cm³/mol. The molecule has 1 unspecified atom stereocenters. The van der Waals surface area contributed by atoms with E-state index in [1.807, 2.05) is 6.07 Å². The zero-order valence-electron chi connectivity index (χ0n) is 12.1. The molecule has 110 valence electrons. The van der Waals surface area contributed by atoms with E-state index in [1.54, 1.807) is 6.92 Å². The lowest BCUT2D eigenvalue weighted by Crippen LogP contribution is -2.55. The molecule has 1 heterocycles. The molecule has 0 aliphatic carbocycles. The average molecular weight is 276 g/mol. The van der Waals surface area contributed by atoms with Crippen LogP contribution in [0.1, 0.15) is 25.3 Å². The van der Waals surface area contributed by atoms with E-state index in [-0.39, 0.29) is 0 Å². The second kappa shape index (κ2) is 6.37. The Labute approximate surface area is 120 Å². The van der Waals surface area contributed by atoms with E-state index < -0.39 is 11.5 Å². The summed E-state index contributed by atoms with van der Waals surface area (Å²) in [6, 6.07) is 10.6. The van der Waals surface area contributed by atoms with Gasteiger partial charge < -0.3 is 15.7 Å². The number of hydrogen-bond donors (Lipinski definition) is 2. The standard InChI is InChI=1S/C16H24N2O2/c1-16(17,15(19)20)12-18-9-7-14(8-10-18)11-13-5-3-2-4-6-13/h2-6,14H,7-12,17H2,1H3,(H,19,20). The van der Waals surface area contributed by atoms with Gasteiger partial charge in [-0.15, -0.1) is 0 Å². The highest BCUT2D eigenvalue weighted by molar-refractivity contribution is 5.78. The Morgan fingerprint density at radius 3 is 2.50 bits per heavy atom. The van der Waals surface area contributed by atoms with E-state index in [2.05, 4.69) is 29.2 Å². The molecule has 4 heteroatoms. The van der Waals surface area contributed by atoms with Crippen LogP contribution in [0.4, 0.5) is 0 Å². The number of carboxylic acids is 1. The molecule has 20 heavy (non-hydrogen) atoms. The van der Waals surface area contributed by atoms with Gasteiger partial charge in [-0.1, -0.05) is 30.3 Å². The molecular formula is C16H24N2O2. The summed E-state index contributed by atoms with van der Waals surface area (Å²) < 4.78 is 0. The molecule has 4 nitrogen and oxygen atoms in total. The van der Waals surface area contributed by atoms with Gasteiger partial charge in [0.2, 0.25) is 0 Å². The molecular weight excluding hydrogens is 252 g/mol. The Morgan fingerprint density at radius 2 is 1.95 bits per heavy atom. The third-order valence-corrected chi connectivity index (χ3v) is 4.11. The van der Waals surface area contributed by atoms with Crippen molar-refractivity contribution in [2.45, 2.75) is 31.7 Å². The lowest BCUT2D eigenvalue weighted by Gasteiger charge is -2.35. The van der Waals surface area contributed by atoms with Gasteiger partial charge in [0.05, 0.1) is 0 Å². The number of aliphatic carboxylic acids is 1. The smallest absolute Gasteiger partial charge is 0.324 e. The lowest BCUT2D eigenvalue weighted by molar-refractivity contribution is -0.143. The molecule has 1 aliphatic rings. The summed E-state index contributed by atoms with van der Waals surface area (Å²) in [5.74, 6) is -0.230. The van der Waals surface area contributed by atoms with Crippen LogP contribution in [0.2, 0.25) is 0 Å². The molecule has 1 aliphatic heterocycles. The highest BCUT2D eigenvalue weighted by atomic mass is 16.4. The third kappa shape index (κ3) is 4.05. The van der Waals surface area contributed by atoms with Gasteiger partial charge >= 0.3 is 5.97 Å². The van der Waals surface area contributed by atoms with Gasteiger partial charge in [0.15, 0.2) is 0 Å². The summed E-state index contributed by atoms with van der Waals surface area (Å²) in [5, 5.41) is 9.07. The van der Waals surface area contributed by atoms with Crippen molar-refractivity contribution in [2.24, 2.45) is 11.7 Å². The summed E-state index contributed by atoms with van der Waals surface area (Å²) in [7, 11) is 0. The maximum absolute atomic E-state index is 11.0. The first-order valence-electron chi connectivity index (χ1n) is 7.26. The van der Waals surface area contributed by atoms with Gasteiger partial charge in [-0.05, 0) is 50.8 Å². The number of nitrogens with zero attached hydrogens (tertiary/aromatic N) is 1. The molecule has 1 fully saturated rings. The number of carbonyl (C=O) groups is 1. The quantitative estimate of drug-likeness (QED) is 0.859. The summed E-state index contributed by atoms with van der Waals surface area (Å²) in [6.07, 6.45) is 3.35. The van der Waals surface area contributed by atoms with Gasteiger partial charge in [-0.3, -0.25) is 4.79 Å². The van der Waals surface area contributed by atoms with Crippen LogP contribution < -0.4 is 5.73 Å². The fraction of sp³-hybridized carbons (Fsp3) is 0.562. The van der Waals surface area contributed by atoms with Gasteiger partial charge in [-0.2, -0.15) is 0 Å². The number of likely N-dealkylation sites (tertiary alicyclic amines) is 1. The molecule has 1 saturated heterocycles. The Balaban J connectivity index is 1.79. The SMILES string of the molecule is CC(N)(CN1CCC(Cc2ccccc2)CC1)C(=O)O. The van der Waals surface area contributed by atoms with Gasteiger partial charge in [0.25, 0.3) is 0 Å². The van der Waals surface area contributed by atoms with Gasteiger partial charge in [-0.25, -0.2) is 0 Å². The number of hydrogen-bond acceptors (Lipinski definition) is 3. The van der Waals surface area contributed by atoms with E-state index in [4.69, 9.17) is 10.8 Å². The molecule has 0 spiro atoms. The normalized spacial score (nSPS) is 20.5. The molecule has 3 N–H and O–H groups in total. The first-order valence-corrected chi connectivity index (χ1v) is 7.26. The van der Waals surface area contributed by atoms with Crippen molar-refractivity contribution in [3.05, 3.63) is 35.9 Å². The van der Waals surface area contributed by atoms with Crippen LogP contribution in [0.25, 0.3) is 0 Å². The second-order valence-corrected chi connectivity index (χ2v) is 6.13. The lowest BCUT2D eigenvalue weighted by atomic mass is 9.89. The van der Waals surface area contributed by atoms with E-state index in [0.717, 1.165) is 32.4 Å². The van der Waals surface area contributed by atoms with Gasteiger partial charge in [0.1, 0.15) is 5.54 Å². The van der Waals surface area contributed by atoms with Crippen molar-refractivity contribution >= 4 is 5.97 Å². The molecule has 1 aromatic rings. The van der Waals surface area contributed by atoms with Crippen LogP contribution in [0.15, 0.2) is 30.3 Å². The van der Waals surface area contributed by atoms with Crippen LogP contribution in [0.5, 0.6) is 0 Å². The highest BCUT2D eigenvalue weighted by Gasteiger charge is 2.32. The largest absolute Gasteiger partial charge is 0.480 e. The van der Waals surface area contributed by atoms with Crippen molar-refractivity contribution in [3.8, 4) is 0 Å². The number of benzene rings is 1. The molecule has 0 amide bonds. The van der Waals surface area contributed by atoms with Crippen molar-refractivity contribution < 1.29 is 9.90 Å². The van der Waals surface area contributed by atoms with Crippen molar-refractivity contribution in [1.82, 2.24) is 4.90 Å². The minimum absolute atomic E-state index is 0.431. The number of rotatable bonds is 5. The monoisotopic (exact) mass is 276 g/mol. The van der Waals surface area contributed by atoms with Crippen LogP contribution >= 0.6 is 0 Å². The zero-order chi connectivity index (χ0) is 14.6. The minimum atomic E-state index is -1.15. The molecule has 0 aromatic heterocycles. The summed E-state index contributed by atoms with van der Waals surface area (Å²) in [4.78, 5) is 13.2. The Hall–Kier alpha value is -1.39. The van der Waals surface area contributed by atoms with Crippen LogP contribution in [0, 0.1) is 5.92 Å². The highest BCUT2D eigenvalue weighted by Crippen LogP contribution is 2.22. The fourth-order valence-electron chi connectivity index (χ4n) is 2.83. The number of carboxylic acid groups (broad SMARTS) is 1. The van der Waals surface area contributed by atoms with E-state index >= 15 is 0 Å². The Bertz CT molecular complexity index is 437. The average Bonchev–Trinajstić information content (AvgIpc) is 2.42. The van der Waals surface area contributed by atoms with E-state index in [9.17, 15) is 4.79 Å². The molecule has 2 rings (SSSR count). The van der Waals surface area contributed by atoms with Crippen LogP contribution in [-0.4, -0.2) is 41.1 Å². The van der Waals surface area contributed by atoms with Gasteiger partial charge in [0, 0.05) is 6.54 Å². The molecule has 0 radical (unpaired) electrons. The Kier molecular flexibility index (Phi) is 4.78. The predicted octanol–water partition coefficient (Wildman–Crippen LogP) is 1.74. The van der Waals surface area contributed by atoms with Crippen LogP contribution in [-0.2, 0) is 11.2 Å². The Morgan fingerprint density at radius 1 is 1.35 bits per heavy atom. The maximum Gasteiger partial charge on any atom is 0.324 e. The molecule has 0 saturated carbocycles. The fourth-order valence-corrected chi connectivity index (χ4v) is 2.83. The second-order valence-electron chi connectivity index (χ2n) is 6.13. The summed E-state index contributed by atoms with van der Waals surface area (Å²) in [5.41, 5.74) is 6.05. The zero-order valence-corrected chi connectivity index (χ0v) is 12.1. The molecule has 1 atom stereocenters. The summed E-state index contributed by atoms with van der Waals surface area (Å²) in [6.45, 7) is 3.90. The molecule has 0 bridgehead atoms. The topological polar surface area (TPSA) is 66.6 Å². The third-order valence-electron chi connectivity index (χ3n) is 4.11. The number of piperidine rings is 1. The molecule has 1 aromatic carbocycles. The number of nitrogens with two attached hydrogens (primary N) is 1. The first kappa shape index (κ1) is 15.0. The van der Waals surface area contributed by atoms with Crippen molar-refractivity contribution in [3.63, 3.8) is 0 Å². The summed E-state index contributed by atoms with van der Waals surface area (Å²) >= 11 is 0. The van der Waals surface area contributed by atoms with E-state index in [1.165, 1.54) is 5.56 Å².